The van der Waals surface area contributed by atoms with E-state index in [1.165, 1.54) is 0 Å². The van der Waals surface area contributed by atoms with Crippen molar-refractivity contribution in [1.82, 2.24) is 0 Å². The maximum absolute atomic E-state index is 11.0. The fourth-order valence-electron chi connectivity index (χ4n) is 1.65. The summed E-state index contributed by atoms with van der Waals surface area (Å²) in [6.07, 6.45) is 1.17. The summed E-state index contributed by atoms with van der Waals surface area (Å²) in [4.78, 5) is 11.0. The first kappa shape index (κ1) is 9.77. The summed E-state index contributed by atoms with van der Waals surface area (Å²) in [6.45, 7) is 3.63. The van der Waals surface area contributed by atoms with Crippen LogP contribution in [0.5, 0.6) is 0 Å². The van der Waals surface area contributed by atoms with Crippen molar-refractivity contribution in [1.29, 1.82) is 0 Å². The maximum atomic E-state index is 11.0. The summed E-state index contributed by atoms with van der Waals surface area (Å²) in [5, 5.41) is 0. The van der Waals surface area contributed by atoms with Crippen LogP contribution in [0.15, 0.2) is 43.0 Å². The lowest BCUT2D eigenvalue weighted by Crippen LogP contribution is -2.13. The van der Waals surface area contributed by atoms with Crippen molar-refractivity contribution < 1.29 is 14.3 Å². The number of benzene rings is 1. The van der Waals surface area contributed by atoms with E-state index < -0.39 is 6.16 Å². The van der Waals surface area contributed by atoms with Crippen LogP contribution >= 0.6 is 0 Å². The second-order valence-electron chi connectivity index (χ2n) is 3.38. The smallest absolute Gasteiger partial charge is 0.426 e. The third-order valence-corrected chi connectivity index (χ3v) is 2.34. The molecule has 1 heterocycles. The Morgan fingerprint density at radius 3 is 2.67 bits per heavy atom. The van der Waals surface area contributed by atoms with Gasteiger partial charge in [-0.3, -0.25) is 0 Å². The molecular weight excluding hydrogens is 192 g/mol. The van der Waals surface area contributed by atoms with Gasteiger partial charge in [-0.15, -0.1) is 6.58 Å². The van der Waals surface area contributed by atoms with E-state index in [0.29, 0.717) is 6.42 Å². The molecule has 1 aliphatic rings. The van der Waals surface area contributed by atoms with Gasteiger partial charge in [0.25, 0.3) is 0 Å². The van der Waals surface area contributed by atoms with Gasteiger partial charge >= 0.3 is 6.16 Å². The van der Waals surface area contributed by atoms with Crippen molar-refractivity contribution >= 4 is 6.16 Å². The molecule has 0 amide bonds. The summed E-state index contributed by atoms with van der Waals surface area (Å²) in [5.41, 5.74) is 0.954. The van der Waals surface area contributed by atoms with Gasteiger partial charge in [0, 0.05) is 6.42 Å². The van der Waals surface area contributed by atoms with E-state index in [4.69, 9.17) is 9.47 Å². The lowest BCUT2D eigenvalue weighted by atomic mass is 10.0. The average Bonchev–Trinajstić information content (AvgIpc) is 2.62. The number of ether oxygens (including phenoxy) is 2. The zero-order chi connectivity index (χ0) is 10.7. The molecule has 0 bridgehead atoms. The zero-order valence-electron chi connectivity index (χ0n) is 8.26. The Labute approximate surface area is 88.3 Å². The molecule has 3 nitrogen and oxygen atoms in total. The van der Waals surface area contributed by atoms with E-state index in [9.17, 15) is 4.79 Å². The highest BCUT2D eigenvalue weighted by Crippen LogP contribution is 2.31. The van der Waals surface area contributed by atoms with Crippen LogP contribution in [0, 0.1) is 0 Å². The van der Waals surface area contributed by atoms with E-state index in [1.807, 2.05) is 30.3 Å². The number of carbonyl (C=O) groups is 1. The summed E-state index contributed by atoms with van der Waals surface area (Å²) in [6, 6.07) is 9.58. The second-order valence-corrected chi connectivity index (χ2v) is 3.38. The van der Waals surface area contributed by atoms with Crippen molar-refractivity contribution in [3.05, 3.63) is 48.6 Å². The fourth-order valence-corrected chi connectivity index (χ4v) is 1.65. The van der Waals surface area contributed by atoms with Crippen LogP contribution < -0.4 is 0 Å². The van der Waals surface area contributed by atoms with Crippen molar-refractivity contribution in [3.8, 4) is 0 Å². The molecule has 0 spiro atoms. The maximum Gasteiger partial charge on any atom is 0.509 e. The SMILES string of the molecule is C=CCC1OC(=O)OC1c1ccccc1. The van der Waals surface area contributed by atoms with Crippen molar-refractivity contribution in [2.75, 3.05) is 0 Å². The van der Waals surface area contributed by atoms with Crippen molar-refractivity contribution in [2.24, 2.45) is 0 Å². The Hall–Kier alpha value is -1.77. The number of hydrogen-bond acceptors (Lipinski definition) is 3. The third-order valence-electron chi connectivity index (χ3n) is 2.34. The predicted octanol–water partition coefficient (Wildman–Crippen LogP) is 2.84. The molecule has 1 aliphatic heterocycles. The molecule has 1 aromatic carbocycles. The Morgan fingerprint density at radius 2 is 2.00 bits per heavy atom. The molecule has 2 atom stereocenters. The van der Waals surface area contributed by atoms with Crippen LogP contribution in [-0.4, -0.2) is 12.3 Å². The summed E-state index contributed by atoms with van der Waals surface area (Å²) in [5.74, 6) is 0. The number of rotatable bonds is 3. The van der Waals surface area contributed by atoms with E-state index in [1.54, 1.807) is 6.08 Å². The molecular formula is C12H12O3. The quantitative estimate of drug-likeness (QED) is 0.561. The van der Waals surface area contributed by atoms with Crippen LogP contribution in [0.3, 0.4) is 0 Å². The van der Waals surface area contributed by atoms with E-state index in [0.717, 1.165) is 5.56 Å². The molecule has 0 aromatic heterocycles. The lowest BCUT2D eigenvalue weighted by Gasteiger charge is -2.13. The summed E-state index contributed by atoms with van der Waals surface area (Å²) < 4.78 is 10.1. The number of carbonyl (C=O) groups excluding carboxylic acids is 1. The highest BCUT2D eigenvalue weighted by Gasteiger charge is 2.36. The lowest BCUT2D eigenvalue weighted by molar-refractivity contribution is 0.116. The minimum atomic E-state index is -0.601. The molecule has 15 heavy (non-hydrogen) atoms. The Balaban J connectivity index is 2.20. The Bertz CT molecular complexity index is 358. The zero-order valence-corrected chi connectivity index (χ0v) is 8.26. The molecule has 1 aromatic rings. The molecule has 3 heteroatoms. The van der Waals surface area contributed by atoms with Crippen LogP contribution in [0.2, 0.25) is 0 Å². The molecule has 2 rings (SSSR count). The molecule has 0 aliphatic carbocycles. The Morgan fingerprint density at radius 1 is 1.27 bits per heavy atom. The predicted molar refractivity (Wildman–Crippen MR) is 55.4 cm³/mol. The van der Waals surface area contributed by atoms with Crippen molar-refractivity contribution in [2.45, 2.75) is 18.6 Å². The molecule has 78 valence electrons. The molecule has 2 unspecified atom stereocenters. The van der Waals surface area contributed by atoms with Gasteiger partial charge in [0.2, 0.25) is 0 Å². The van der Waals surface area contributed by atoms with Crippen LogP contribution in [0.1, 0.15) is 18.1 Å². The van der Waals surface area contributed by atoms with E-state index in [2.05, 4.69) is 6.58 Å². The van der Waals surface area contributed by atoms with Gasteiger partial charge in [-0.2, -0.15) is 0 Å². The minimum absolute atomic E-state index is 0.252. The van der Waals surface area contributed by atoms with Gasteiger partial charge in [0.05, 0.1) is 0 Å². The third kappa shape index (κ3) is 2.01. The second kappa shape index (κ2) is 4.17. The normalized spacial score (nSPS) is 24.4. The number of hydrogen-bond donors (Lipinski definition) is 0. The van der Waals surface area contributed by atoms with Crippen molar-refractivity contribution in [3.63, 3.8) is 0 Å². The topological polar surface area (TPSA) is 35.5 Å². The molecule has 0 N–H and O–H groups in total. The summed E-state index contributed by atoms with van der Waals surface area (Å²) in [7, 11) is 0. The van der Waals surface area contributed by atoms with Gasteiger partial charge in [0.15, 0.2) is 12.2 Å². The van der Waals surface area contributed by atoms with Crippen LogP contribution in [-0.2, 0) is 9.47 Å². The molecule has 1 saturated heterocycles. The highest BCUT2D eigenvalue weighted by molar-refractivity contribution is 5.63. The summed E-state index contributed by atoms with van der Waals surface area (Å²) >= 11 is 0. The minimum Gasteiger partial charge on any atom is -0.426 e. The first-order chi connectivity index (χ1) is 7.31. The Kier molecular flexibility index (Phi) is 2.72. The molecule has 0 radical (unpaired) electrons. The van der Waals surface area contributed by atoms with Crippen LogP contribution in [0.25, 0.3) is 0 Å². The van der Waals surface area contributed by atoms with Gasteiger partial charge in [0.1, 0.15) is 0 Å². The molecule has 0 saturated carbocycles. The van der Waals surface area contributed by atoms with Gasteiger partial charge in [-0.05, 0) is 5.56 Å². The first-order valence-corrected chi connectivity index (χ1v) is 4.84. The average molecular weight is 204 g/mol. The number of cyclic esters (lactones) is 2. The van der Waals surface area contributed by atoms with Gasteiger partial charge in [-0.25, -0.2) is 4.79 Å². The standard InChI is InChI=1S/C12H12O3/c1-2-6-10-11(15-12(13)14-10)9-7-4-3-5-8-9/h2-5,7-8,10-11H,1,6H2. The van der Waals surface area contributed by atoms with Gasteiger partial charge in [-0.1, -0.05) is 36.4 Å². The van der Waals surface area contributed by atoms with Crippen LogP contribution in [0.4, 0.5) is 4.79 Å². The monoisotopic (exact) mass is 204 g/mol. The van der Waals surface area contributed by atoms with Gasteiger partial charge < -0.3 is 9.47 Å². The first-order valence-electron chi connectivity index (χ1n) is 4.84. The largest absolute Gasteiger partial charge is 0.509 e. The van der Waals surface area contributed by atoms with E-state index in [-0.39, 0.29) is 12.2 Å². The fraction of sp³-hybridized carbons (Fsp3) is 0.250. The molecule has 1 fully saturated rings. The van der Waals surface area contributed by atoms with E-state index >= 15 is 0 Å². The highest BCUT2D eigenvalue weighted by atomic mass is 16.8.